The minimum Gasteiger partial charge on any atom is -0.480 e. The highest BCUT2D eigenvalue weighted by Gasteiger charge is 2.30. The number of nitrogens with zero attached hydrogens (tertiary/aromatic N) is 3. The average molecular weight is 394 g/mol. The number of carbonyl (C=O) groups is 1. The largest absolute Gasteiger partial charge is 0.480 e. The maximum absolute atomic E-state index is 13.2. The SMILES string of the molecule is COc1ncccc1C(=O)N1CCCC[C@H]1Cc1ncc(-c2ccc(F)cc2)[nH]1. The van der Waals surface area contributed by atoms with Crippen LogP contribution in [0.15, 0.2) is 48.8 Å². The number of pyridine rings is 1. The fourth-order valence-corrected chi connectivity index (χ4v) is 3.82. The van der Waals surface area contributed by atoms with Crippen LogP contribution in [0.25, 0.3) is 11.3 Å². The van der Waals surface area contributed by atoms with Crippen LogP contribution in [0.1, 0.15) is 35.4 Å². The molecular weight excluding hydrogens is 371 g/mol. The molecular formula is C22H23FN4O2. The molecule has 0 saturated carbocycles. The van der Waals surface area contributed by atoms with Gasteiger partial charge in [-0.2, -0.15) is 0 Å². The Labute approximate surface area is 168 Å². The van der Waals surface area contributed by atoms with Crippen molar-refractivity contribution in [3.8, 4) is 17.1 Å². The van der Waals surface area contributed by atoms with Crippen LogP contribution < -0.4 is 4.74 Å². The lowest BCUT2D eigenvalue weighted by Gasteiger charge is -2.35. The summed E-state index contributed by atoms with van der Waals surface area (Å²) in [4.78, 5) is 27.0. The van der Waals surface area contributed by atoms with Gasteiger partial charge in [0.05, 0.1) is 19.0 Å². The standard InChI is InChI=1S/C22H23FN4O2/c1-29-21-18(6-4-11-24-21)22(28)27-12-3-2-5-17(27)13-20-25-14-19(26-20)15-7-9-16(23)10-8-15/h4,6-11,14,17H,2-3,5,12-13H2,1H3,(H,25,26)/t17-/m0/s1. The van der Waals surface area contributed by atoms with Crippen molar-refractivity contribution in [2.75, 3.05) is 13.7 Å². The van der Waals surface area contributed by atoms with Gasteiger partial charge in [-0.05, 0) is 61.2 Å². The second-order valence-electron chi connectivity index (χ2n) is 7.16. The van der Waals surface area contributed by atoms with E-state index in [1.54, 1.807) is 36.7 Å². The summed E-state index contributed by atoms with van der Waals surface area (Å²) in [5.41, 5.74) is 2.19. The van der Waals surface area contributed by atoms with Gasteiger partial charge in [-0.3, -0.25) is 4.79 Å². The van der Waals surface area contributed by atoms with Crippen molar-refractivity contribution in [3.05, 3.63) is 66.0 Å². The molecule has 0 radical (unpaired) electrons. The van der Waals surface area contributed by atoms with E-state index in [9.17, 15) is 9.18 Å². The fraction of sp³-hybridized carbons (Fsp3) is 0.318. The van der Waals surface area contributed by atoms with Gasteiger partial charge in [0, 0.05) is 25.2 Å². The van der Waals surface area contributed by atoms with Gasteiger partial charge in [0.2, 0.25) is 5.88 Å². The number of halogens is 1. The molecule has 7 heteroatoms. The Morgan fingerprint density at radius 1 is 1.24 bits per heavy atom. The van der Waals surface area contributed by atoms with Crippen molar-refractivity contribution < 1.29 is 13.9 Å². The first-order valence-electron chi connectivity index (χ1n) is 9.75. The number of ether oxygens (including phenoxy) is 1. The number of aromatic amines is 1. The summed E-state index contributed by atoms with van der Waals surface area (Å²) in [7, 11) is 1.52. The smallest absolute Gasteiger partial charge is 0.259 e. The monoisotopic (exact) mass is 394 g/mol. The number of aromatic nitrogens is 3. The zero-order chi connectivity index (χ0) is 20.2. The first-order chi connectivity index (χ1) is 14.2. The van der Waals surface area contributed by atoms with Crippen LogP contribution in [0, 0.1) is 5.82 Å². The van der Waals surface area contributed by atoms with E-state index in [1.807, 2.05) is 4.90 Å². The van der Waals surface area contributed by atoms with Crippen LogP contribution in [0.4, 0.5) is 4.39 Å². The van der Waals surface area contributed by atoms with E-state index in [0.717, 1.165) is 36.3 Å². The third kappa shape index (κ3) is 4.13. The van der Waals surface area contributed by atoms with Crippen molar-refractivity contribution in [3.63, 3.8) is 0 Å². The molecule has 3 heterocycles. The van der Waals surface area contributed by atoms with Crippen LogP contribution in [-0.2, 0) is 6.42 Å². The summed E-state index contributed by atoms with van der Waals surface area (Å²) in [6.45, 7) is 0.701. The van der Waals surface area contributed by atoms with Crippen molar-refractivity contribution in [1.82, 2.24) is 19.9 Å². The Hall–Kier alpha value is -3.22. The first kappa shape index (κ1) is 19.1. The molecule has 0 bridgehead atoms. The molecule has 1 aliphatic heterocycles. The first-order valence-corrected chi connectivity index (χ1v) is 9.75. The summed E-state index contributed by atoms with van der Waals surface area (Å²) in [5.74, 6) is 0.825. The molecule has 29 heavy (non-hydrogen) atoms. The third-order valence-corrected chi connectivity index (χ3v) is 5.30. The molecule has 1 saturated heterocycles. The second kappa shape index (κ2) is 8.43. The van der Waals surface area contributed by atoms with Crippen molar-refractivity contribution in [2.45, 2.75) is 31.7 Å². The molecule has 150 valence electrons. The van der Waals surface area contributed by atoms with Gasteiger partial charge in [-0.25, -0.2) is 14.4 Å². The predicted octanol–water partition coefficient (Wildman–Crippen LogP) is 3.86. The number of hydrogen-bond donors (Lipinski definition) is 1. The van der Waals surface area contributed by atoms with Gasteiger partial charge in [0.15, 0.2) is 0 Å². The van der Waals surface area contributed by atoms with E-state index in [0.29, 0.717) is 24.4 Å². The molecule has 1 atom stereocenters. The molecule has 1 aliphatic rings. The van der Waals surface area contributed by atoms with Gasteiger partial charge in [-0.1, -0.05) is 0 Å². The summed E-state index contributed by atoms with van der Waals surface area (Å²) in [5, 5.41) is 0. The molecule has 1 amide bonds. The minimum absolute atomic E-state index is 0.0494. The van der Waals surface area contributed by atoms with Gasteiger partial charge in [0.1, 0.15) is 17.2 Å². The number of piperidine rings is 1. The van der Waals surface area contributed by atoms with Gasteiger partial charge >= 0.3 is 0 Å². The number of H-pyrrole nitrogens is 1. The molecule has 0 aliphatic carbocycles. The average Bonchev–Trinajstić information content (AvgIpc) is 3.22. The Bertz CT molecular complexity index is 986. The van der Waals surface area contributed by atoms with E-state index >= 15 is 0 Å². The summed E-state index contributed by atoms with van der Waals surface area (Å²) in [6, 6.07) is 9.84. The van der Waals surface area contributed by atoms with Crippen LogP contribution in [-0.4, -0.2) is 45.5 Å². The van der Waals surface area contributed by atoms with Crippen molar-refractivity contribution in [1.29, 1.82) is 0 Å². The number of rotatable bonds is 5. The Kier molecular flexibility index (Phi) is 5.55. The van der Waals surface area contributed by atoms with Crippen LogP contribution in [0.3, 0.4) is 0 Å². The van der Waals surface area contributed by atoms with Gasteiger partial charge in [0.25, 0.3) is 5.91 Å². The number of methoxy groups -OCH3 is 1. The topological polar surface area (TPSA) is 71.1 Å². The molecule has 4 rings (SSSR count). The second-order valence-corrected chi connectivity index (χ2v) is 7.16. The Morgan fingerprint density at radius 2 is 2.07 bits per heavy atom. The molecule has 1 fully saturated rings. The lowest BCUT2D eigenvalue weighted by Crippen LogP contribution is -2.45. The van der Waals surface area contributed by atoms with Crippen LogP contribution in [0.2, 0.25) is 0 Å². The highest BCUT2D eigenvalue weighted by molar-refractivity contribution is 5.96. The van der Waals surface area contributed by atoms with Crippen molar-refractivity contribution >= 4 is 5.91 Å². The number of imidazole rings is 1. The van der Waals surface area contributed by atoms with Crippen molar-refractivity contribution in [2.24, 2.45) is 0 Å². The lowest BCUT2D eigenvalue weighted by molar-refractivity contribution is 0.0607. The van der Waals surface area contributed by atoms with E-state index in [1.165, 1.54) is 19.2 Å². The molecule has 1 aromatic carbocycles. The summed E-state index contributed by atoms with van der Waals surface area (Å²) < 4.78 is 18.4. The zero-order valence-corrected chi connectivity index (χ0v) is 16.3. The molecule has 2 aromatic heterocycles. The van der Waals surface area contributed by atoms with Crippen LogP contribution in [0.5, 0.6) is 5.88 Å². The number of carbonyl (C=O) groups excluding carboxylic acids is 1. The summed E-state index contributed by atoms with van der Waals surface area (Å²) >= 11 is 0. The number of benzene rings is 1. The number of likely N-dealkylation sites (tertiary alicyclic amines) is 1. The molecule has 3 aromatic rings. The predicted molar refractivity (Wildman–Crippen MR) is 107 cm³/mol. The van der Waals surface area contributed by atoms with Gasteiger partial charge in [-0.15, -0.1) is 0 Å². The van der Waals surface area contributed by atoms with E-state index in [-0.39, 0.29) is 17.8 Å². The maximum atomic E-state index is 13.2. The highest BCUT2D eigenvalue weighted by atomic mass is 19.1. The molecule has 1 N–H and O–H groups in total. The van der Waals surface area contributed by atoms with Gasteiger partial charge < -0.3 is 14.6 Å². The van der Waals surface area contributed by atoms with E-state index in [2.05, 4.69) is 15.0 Å². The summed E-state index contributed by atoms with van der Waals surface area (Å²) in [6.07, 6.45) is 6.97. The molecule has 0 spiro atoms. The Balaban J connectivity index is 1.52. The molecule has 6 nitrogen and oxygen atoms in total. The fourth-order valence-electron chi connectivity index (χ4n) is 3.82. The highest BCUT2D eigenvalue weighted by Crippen LogP contribution is 2.26. The third-order valence-electron chi connectivity index (χ3n) is 5.30. The minimum atomic E-state index is -0.268. The van der Waals surface area contributed by atoms with E-state index in [4.69, 9.17) is 4.74 Å². The number of nitrogens with one attached hydrogen (secondary N) is 1. The molecule has 0 unspecified atom stereocenters. The number of amides is 1. The number of hydrogen-bond acceptors (Lipinski definition) is 4. The van der Waals surface area contributed by atoms with E-state index < -0.39 is 0 Å². The Morgan fingerprint density at radius 3 is 2.86 bits per heavy atom. The maximum Gasteiger partial charge on any atom is 0.259 e. The quantitative estimate of drug-likeness (QED) is 0.713. The van der Waals surface area contributed by atoms with Crippen LogP contribution >= 0.6 is 0 Å². The lowest BCUT2D eigenvalue weighted by atomic mass is 9.98. The zero-order valence-electron chi connectivity index (χ0n) is 16.3. The normalized spacial score (nSPS) is 16.6.